The van der Waals surface area contributed by atoms with Gasteiger partial charge in [0, 0.05) is 6.42 Å². The van der Waals surface area contributed by atoms with Gasteiger partial charge < -0.3 is 11.5 Å². The molecule has 0 unspecified atom stereocenters. The smallest absolute Gasteiger partial charge is 0.0867 e. The van der Waals surface area contributed by atoms with Crippen LogP contribution >= 0.6 is 0 Å². The summed E-state index contributed by atoms with van der Waals surface area (Å²) in [5.74, 6) is 0. The summed E-state index contributed by atoms with van der Waals surface area (Å²) in [4.78, 5) is 0. The second-order valence-corrected chi connectivity index (χ2v) is 6.24. The molecule has 0 aromatic heterocycles. The molecule has 2 nitrogen and oxygen atoms in total. The molecular weight excluding hydrogens is 280 g/mol. The van der Waals surface area contributed by atoms with Gasteiger partial charge in [0.05, 0.1) is 5.66 Å². The molecule has 0 heterocycles. The Morgan fingerprint density at radius 2 is 1.52 bits per heavy atom. The van der Waals surface area contributed by atoms with Crippen LogP contribution in [0.25, 0.3) is 5.57 Å². The monoisotopic (exact) mass is 314 g/mol. The minimum Gasteiger partial charge on any atom is -0.310 e. The average molecular weight is 315 g/mol. The number of hydrogen-bond acceptors (Lipinski definition) is 2. The van der Waals surface area contributed by atoms with Gasteiger partial charge in [0.1, 0.15) is 0 Å². The Bertz CT molecular complexity index is 607. The molecule has 2 heteroatoms. The van der Waals surface area contributed by atoms with Crippen LogP contribution in [0.1, 0.15) is 69.4 Å². The van der Waals surface area contributed by atoms with E-state index in [0.717, 1.165) is 25.7 Å². The third-order valence-electron chi connectivity index (χ3n) is 4.76. The van der Waals surface area contributed by atoms with Crippen molar-refractivity contribution in [2.24, 2.45) is 11.5 Å². The van der Waals surface area contributed by atoms with Gasteiger partial charge in [-0.15, -0.1) is 0 Å². The zero-order valence-electron chi connectivity index (χ0n) is 14.5. The third-order valence-corrected chi connectivity index (χ3v) is 4.76. The van der Waals surface area contributed by atoms with E-state index in [1.54, 1.807) is 11.1 Å². The molecule has 23 heavy (non-hydrogen) atoms. The van der Waals surface area contributed by atoms with Crippen LogP contribution in [-0.2, 0) is 25.7 Å². The number of rotatable bonds is 5. The predicted octanol–water partition coefficient (Wildman–Crippen LogP) is 4.53. The van der Waals surface area contributed by atoms with Gasteiger partial charge in [-0.05, 0) is 65.1 Å². The molecule has 0 fully saturated rings. The lowest BCUT2D eigenvalue weighted by atomic mass is 9.82. The maximum Gasteiger partial charge on any atom is 0.0867 e. The van der Waals surface area contributed by atoms with Gasteiger partial charge in [-0.25, -0.2) is 0 Å². The lowest BCUT2D eigenvalue weighted by molar-refractivity contribution is 0.558. The van der Waals surface area contributed by atoms with E-state index in [-0.39, 0.29) is 7.43 Å². The predicted molar refractivity (Wildman–Crippen MR) is 104 cm³/mol. The number of aryl methyl sites for hydroxylation is 1. The molecule has 0 saturated heterocycles. The quantitative estimate of drug-likeness (QED) is 0.785. The first kappa shape index (κ1) is 19.7. The van der Waals surface area contributed by atoms with Gasteiger partial charge >= 0.3 is 0 Å². The van der Waals surface area contributed by atoms with Crippen LogP contribution < -0.4 is 11.5 Å². The van der Waals surface area contributed by atoms with Crippen molar-refractivity contribution in [2.45, 2.75) is 72.9 Å². The fourth-order valence-electron chi connectivity index (χ4n) is 3.60. The van der Waals surface area contributed by atoms with Gasteiger partial charge in [-0.1, -0.05) is 53.3 Å². The molecule has 128 valence electrons. The largest absolute Gasteiger partial charge is 0.310 e. The zero-order valence-corrected chi connectivity index (χ0v) is 14.5. The van der Waals surface area contributed by atoms with E-state index < -0.39 is 5.66 Å². The summed E-state index contributed by atoms with van der Waals surface area (Å²) in [6.45, 7) is 9.04. The van der Waals surface area contributed by atoms with Gasteiger partial charge in [0.15, 0.2) is 0 Å². The van der Waals surface area contributed by atoms with Crippen molar-refractivity contribution in [2.75, 3.05) is 0 Å². The van der Waals surface area contributed by atoms with Gasteiger partial charge in [-0.2, -0.15) is 0 Å². The summed E-state index contributed by atoms with van der Waals surface area (Å²) in [5.41, 5.74) is 20.0. The van der Waals surface area contributed by atoms with Crippen LogP contribution in [0.15, 0.2) is 24.3 Å². The first-order chi connectivity index (χ1) is 10.5. The molecule has 0 amide bonds. The Kier molecular flexibility index (Phi) is 6.79. The van der Waals surface area contributed by atoms with Gasteiger partial charge in [0.25, 0.3) is 0 Å². The van der Waals surface area contributed by atoms with Crippen molar-refractivity contribution in [3.05, 3.63) is 52.1 Å². The fourth-order valence-corrected chi connectivity index (χ4v) is 3.60. The van der Waals surface area contributed by atoms with Gasteiger partial charge in [-0.3, -0.25) is 0 Å². The molecule has 0 radical (unpaired) electrons. The molecule has 2 rings (SSSR count). The van der Waals surface area contributed by atoms with Crippen molar-refractivity contribution in [1.29, 1.82) is 0 Å². The Balaban J connectivity index is 0.00000264. The van der Waals surface area contributed by atoms with Crippen LogP contribution in [-0.4, -0.2) is 5.66 Å². The van der Waals surface area contributed by atoms with Crippen molar-refractivity contribution < 1.29 is 0 Å². The first-order valence-corrected chi connectivity index (χ1v) is 8.61. The molecule has 1 aliphatic carbocycles. The van der Waals surface area contributed by atoms with Crippen LogP contribution in [0.4, 0.5) is 0 Å². The summed E-state index contributed by atoms with van der Waals surface area (Å²) in [6.07, 6.45) is 11.3. The minimum absolute atomic E-state index is 0. The summed E-state index contributed by atoms with van der Waals surface area (Å²) in [7, 11) is 0. The van der Waals surface area contributed by atoms with Crippen LogP contribution in [0, 0.1) is 0 Å². The number of hydrogen-bond donors (Lipinski definition) is 2. The molecule has 0 saturated carbocycles. The van der Waals surface area contributed by atoms with E-state index in [1.807, 2.05) is 6.08 Å². The Morgan fingerprint density at radius 1 is 0.913 bits per heavy atom. The lowest BCUT2D eigenvalue weighted by Gasteiger charge is -2.26. The standard InChI is InChI=1S/C20H30N2.CH4/c1-5-14-13-19(15-9-11-20(21,22)12-10-15)18(8-4)17(7-3)16(14)6-2;/h9-11,13H,5-8,12,21-22H2,1-4H3;1H4. The SMILES string of the molecule is C.CCc1cc(C2=CCC(N)(N)C=C2)c(CC)c(CC)c1CC. The van der Waals surface area contributed by atoms with Crippen molar-refractivity contribution in [3.63, 3.8) is 0 Å². The molecular formula is C21H34N2. The normalized spacial score (nSPS) is 16.0. The zero-order chi connectivity index (χ0) is 16.3. The highest BCUT2D eigenvalue weighted by Crippen LogP contribution is 2.33. The topological polar surface area (TPSA) is 52.0 Å². The van der Waals surface area contributed by atoms with E-state index in [1.165, 1.54) is 22.3 Å². The van der Waals surface area contributed by atoms with Crippen molar-refractivity contribution in [1.82, 2.24) is 0 Å². The Morgan fingerprint density at radius 3 is 1.96 bits per heavy atom. The maximum atomic E-state index is 5.99. The van der Waals surface area contributed by atoms with Crippen LogP contribution in [0.2, 0.25) is 0 Å². The van der Waals surface area contributed by atoms with Gasteiger partial charge in [0.2, 0.25) is 0 Å². The summed E-state index contributed by atoms with van der Waals surface area (Å²) >= 11 is 0. The van der Waals surface area contributed by atoms with E-state index in [0.29, 0.717) is 6.42 Å². The van der Waals surface area contributed by atoms with E-state index >= 15 is 0 Å². The molecule has 4 N–H and O–H groups in total. The molecule has 0 bridgehead atoms. The molecule has 1 aromatic carbocycles. The van der Waals surface area contributed by atoms with Crippen molar-refractivity contribution in [3.8, 4) is 0 Å². The second kappa shape index (κ2) is 7.94. The highest BCUT2D eigenvalue weighted by molar-refractivity contribution is 5.79. The minimum atomic E-state index is -0.694. The van der Waals surface area contributed by atoms with Crippen LogP contribution in [0.5, 0.6) is 0 Å². The van der Waals surface area contributed by atoms with E-state index in [9.17, 15) is 0 Å². The fraction of sp³-hybridized carbons (Fsp3) is 0.524. The first-order valence-electron chi connectivity index (χ1n) is 8.61. The van der Waals surface area contributed by atoms with E-state index in [2.05, 4.69) is 45.9 Å². The second-order valence-electron chi connectivity index (χ2n) is 6.24. The van der Waals surface area contributed by atoms with Crippen molar-refractivity contribution >= 4 is 5.57 Å². The maximum absolute atomic E-state index is 5.99. The summed E-state index contributed by atoms with van der Waals surface area (Å²) in [6, 6.07) is 2.40. The number of benzene rings is 1. The highest BCUT2D eigenvalue weighted by atomic mass is 14.9. The number of allylic oxidation sites excluding steroid dienone is 2. The summed E-state index contributed by atoms with van der Waals surface area (Å²) < 4.78 is 0. The molecule has 1 aromatic rings. The summed E-state index contributed by atoms with van der Waals surface area (Å²) in [5, 5.41) is 0. The van der Waals surface area contributed by atoms with Crippen LogP contribution in [0.3, 0.4) is 0 Å². The Hall–Kier alpha value is -1.38. The highest BCUT2D eigenvalue weighted by Gasteiger charge is 2.21. The Labute approximate surface area is 142 Å². The van der Waals surface area contributed by atoms with E-state index in [4.69, 9.17) is 11.5 Å². The third kappa shape index (κ3) is 3.94. The molecule has 0 spiro atoms. The average Bonchev–Trinajstić information content (AvgIpc) is 2.52. The lowest BCUT2D eigenvalue weighted by Crippen LogP contribution is -2.47. The molecule has 1 aliphatic rings. The molecule has 0 atom stereocenters. The molecule has 0 aliphatic heterocycles. The number of nitrogens with two attached hydrogens (primary N) is 2.